The lowest BCUT2D eigenvalue weighted by molar-refractivity contribution is -0.129. The minimum absolute atomic E-state index is 0.183. The fourth-order valence-corrected chi connectivity index (χ4v) is 2.50. The molecule has 1 fully saturated rings. The van der Waals surface area contributed by atoms with Gasteiger partial charge in [-0.25, -0.2) is 0 Å². The average Bonchev–Trinajstić information content (AvgIpc) is 2.45. The van der Waals surface area contributed by atoms with Gasteiger partial charge in [-0.1, -0.05) is 18.2 Å². The minimum atomic E-state index is 0.183. The van der Waals surface area contributed by atoms with Gasteiger partial charge in [0.05, 0.1) is 7.11 Å². The number of amides is 1. The first kappa shape index (κ1) is 13.9. The standard InChI is InChI=1S/C15H22N2O2/c1-12(18)17-9-7-14(8-10-17)16-11-13-5-3-4-6-15(13)19-2/h3-6,14,16H,7-11H2,1-2H3. The molecule has 4 heteroatoms. The highest BCUT2D eigenvalue weighted by Gasteiger charge is 2.20. The van der Waals surface area contributed by atoms with E-state index in [1.807, 2.05) is 23.1 Å². The molecule has 2 rings (SSSR count). The number of benzene rings is 1. The number of nitrogens with one attached hydrogen (secondary N) is 1. The summed E-state index contributed by atoms with van der Waals surface area (Å²) in [7, 11) is 1.70. The first-order valence-corrected chi connectivity index (χ1v) is 6.81. The van der Waals surface area contributed by atoms with Gasteiger partial charge in [0.25, 0.3) is 0 Å². The highest BCUT2D eigenvalue weighted by Crippen LogP contribution is 2.18. The molecule has 19 heavy (non-hydrogen) atoms. The van der Waals surface area contributed by atoms with Crippen molar-refractivity contribution in [3.05, 3.63) is 29.8 Å². The maximum atomic E-state index is 11.3. The minimum Gasteiger partial charge on any atom is -0.496 e. The number of ether oxygens (including phenoxy) is 1. The Hall–Kier alpha value is -1.55. The number of methoxy groups -OCH3 is 1. The lowest BCUT2D eigenvalue weighted by Gasteiger charge is -2.31. The second-order valence-corrected chi connectivity index (χ2v) is 4.97. The van der Waals surface area contributed by atoms with Gasteiger partial charge in [0.15, 0.2) is 0 Å². The number of likely N-dealkylation sites (tertiary alicyclic amines) is 1. The second kappa shape index (κ2) is 6.57. The summed E-state index contributed by atoms with van der Waals surface area (Å²) in [5, 5.41) is 3.55. The molecule has 0 aliphatic carbocycles. The van der Waals surface area contributed by atoms with Crippen molar-refractivity contribution in [2.24, 2.45) is 0 Å². The van der Waals surface area contributed by atoms with Gasteiger partial charge in [-0.05, 0) is 18.9 Å². The summed E-state index contributed by atoms with van der Waals surface area (Å²) in [6, 6.07) is 8.55. The maximum Gasteiger partial charge on any atom is 0.219 e. The van der Waals surface area contributed by atoms with Gasteiger partial charge in [0.2, 0.25) is 5.91 Å². The number of hydrogen-bond donors (Lipinski definition) is 1. The third kappa shape index (κ3) is 3.70. The number of nitrogens with zero attached hydrogens (tertiary/aromatic N) is 1. The van der Waals surface area contributed by atoms with Crippen molar-refractivity contribution in [2.45, 2.75) is 32.4 Å². The largest absolute Gasteiger partial charge is 0.496 e. The Bertz CT molecular complexity index is 426. The van der Waals surface area contributed by atoms with Crippen LogP contribution in [0, 0.1) is 0 Å². The van der Waals surface area contributed by atoms with Crippen LogP contribution in [0.3, 0.4) is 0 Å². The van der Waals surface area contributed by atoms with Gasteiger partial charge in [-0.15, -0.1) is 0 Å². The van der Waals surface area contributed by atoms with E-state index in [0.717, 1.165) is 38.2 Å². The molecule has 1 heterocycles. The van der Waals surface area contributed by atoms with E-state index in [-0.39, 0.29) is 5.91 Å². The summed E-state index contributed by atoms with van der Waals surface area (Å²) >= 11 is 0. The summed E-state index contributed by atoms with van der Waals surface area (Å²) < 4.78 is 5.34. The molecule has 1 aromatic carbocycles. The zero-order valence-corrected chi connectivity index (χ0v) is 11.7. The Kier molecular flexibility index (Phi) is 4.80. The first-order chi connectivity index (χ1) is 9.20. The fraction of sp³-hybridized carbons (Fsp3) is 0.533. The molecule has 1 saturated heterocycles. The van der Waals surface area contributed by atoms with E-state index in [1.54, 1.807) is 14.0 Å². The topological polar surface area (TPSA) is 41.6 Å². The predicted molar refractivity (Wildman–Crippen MR) is 75.1 cm³/mol. The third-order valence-electron chi connectivity index (χ3n) is 3.71. The predicted octanol–water partition coefficient (Wildman–Crippen LogP) is 1.80. The monoisotopic (exact) mass is 262 g/mol. The van der Waals surface area contributed by atoms with Crippen LogP contribution < -0.4 is 10.1 Å². The smallest absolute Gasteiger partial charge is 0.219 e. The molecule has 1 amide bonds. The van der Waals surface area contributed by atoms with Crippen molar-refractivity contribution in [3.8, 4) is 5.75 Å². The molecule has 0 spiro atoms. The van der Waals surface area contributed by atoms with Gasteiger partial charge < -0.3 is 15.0 Å². The van der Waals surface area contributed by atoms with Crippen LogP contribution in [-0.2, 0) is 11.3 Å². The van der Waals surface area contributed by atoms with Crippen molar-refractivity contribution in [1.82, 2.24) is 10.2 Å². The number of hydrogen-bond acceptors (Lipinski definition) is 3. The summed E-state index contributed by atoms with van der Waals surface area (Å²) in [4.78, 5) is 13.2. The number of carbonyl (C=O) groups excluding carboxylic acids is 1. The Morgan fingerprint density at radius 3 is 2.68 bits per heavy atom. The normalized spacial score (nSPS) is 16.4. The molecule has 1 aliphatic rings. The van der Waals surface area contributed by atoms with Crippen LogP contribution in [0.1, 0.15) is 25.3 Å². The second-order valence-electron chi connectivity index (χ2n) is 4.97. The van der Waals surface area contributed by atoms with Gasteiger partial charge >= 0.3 is 0 Å². The number of para-hydroxylation sites is 1. The molecule has 0 unspecified atom stereocenters. The van der Waals surface area contributed by atoms with E-state index in [2.05, 4.69) is 11.4 Å². The molecular weight excluding hydrogens is 240 g/mol. The molecule has 1 N–H and O–H groups in total. The van der Waals surface area contributed by atoms with Crippen molar-refractivity contribution in [3.63, 3.8) is 0 Å². The zero-order valence-electron chi connectivity index (χ0n) is 11.7. The summed E-state index contributed by atoms with van der Waals surface area (Å²) in [6.07, 6.45) is 2.05. The summed E-state index contributed by atoms with van der Waals surface area (Å²) in [5.74, 6) is 1.11. The molecule has 1 aromatic rings. The number of rotatable bonds is 4. The van der Waals surface area contributed by atoms with Crippen LogP contribution in [0.5, 0.6) is 5.75 Å². The maximum absolute atomic E-state index is 11.3. The summed E-state index contributed by atoms with van der Waals surface area (Å²) in [5.41, 5.74) is 1.18. The molecule has 0 bridgehead atoms. The molecule has 1 aliphatic heterocycles. The molecular formula is C15H22N2O2. The van der Waals surface area contributed by atoms with Crippen LogP contribution in [0.15, 0.2) is 24.3 Å². The van der Waals surface area contributed by atoms with E-state index in [9.17, 15) is 4.79 Å². The van der Waals surface area contributed by atoms with E-state index in [4.69, 9.17) is 4.74 Å². The highest BCUT2D eigenvalue weighted by atomic mass is 16.5. The molecule has 0 radical (unpaired) electrons. The van der Waals surface area contributed by atoms with E-state index < -0.39 is 0 Å². The van der Waals surface area contributed by atoms with Crippen LogP contribution in [0.25, 0.3) is 0 Å². The fourth-order valence-electron chi connectivity index (χ4n) is 2.50. The van der Waals surface area contributed by atoms with E-state index >= 15 is 0 Å². The van der Waals surface area contributed by atoms with E-state index in [1.165, 1.54) is 5.56 Å². The number of piperidine rings is 1. The average molecular weight is 262 g/mol. The Balaban J connectivity index is 1.82. The third-order valence-corrected chi connectivity index (χ3v) is 3.71. The van der Waals surface area contributed by atoms with Crippen LogP contribution in [-0.4, -0.2) is 37.0 Å². The highest BCUT2D eigenvalue weighted by molar-refractivity contribution is 5.73. The van der Waals surface area contributed by atoms with Crippen molar-refractivity contribution in [2.75, 3.05) is 20.2 Å². The summed E-state index contributed by atoms with van der Waals surface area (Å²) in [6.45, 7) is 4.18. The van der Waals surface area contributed by atoms with Crippen molar-refractivity contribution in [1.29, 1.82) is 0 Å². The van der Waals surface area contributed by atoms with Crippen LogP contribution in [0.2, 0.25) is 0 Å². The van der Waals surface area contributed by atoms with E-state index in [0.29, 0.717) is 6.04 Å². The quantitative estimate of drug-likeness (QED) is 0.899. The van der Waals surface area contributed by atoms with Gasteiger partial charge in [-0.2, -0.15) is 0 Å². The van der Waals surface area contributed by atoms with Crippen molar-refractivity contribution < 1.29 is 9.53 Å². The molecule has 0 saturated carbocycles. The SMILES string of the molecule is COc1ccccc1CNC1CCN(C(C)=O)CC1. The van der Waals surface area contributed by atoms with Crippen LogP contribution >= 0.6 is 0 Å². The molecule has 4 nitrogen and oxygen atoms in total. The van der Waals surface area contributed by atoms with Crippen LogP contribution in [0.4, 0.5) is 0 Å². The molecule has 0 aromatic heterocycles. The number of carbonyl (C=O) groups is 1. The van der Waals surface area contributed by atoms with Gasteiger partial charge in [0.1, 0.15) is 5.75 Å². The zero-order chi connectivity index (χ0) is 13.7. The Morgan fingerprint density at radius 2 is 2.05 bits per heavy atom. The molecule has 0 atom stereocenters. The van der Waals surface area contributed by atoms with Gasteiger partial charge in [-0.3, -0.25) is 4.79 Å². The Labute approximate surface area is 114 Å². The first-order valence-electron chi connectivity index (χ1n) is 6.81. The van der Waals surface area contributed by atoms with Crippen molar-refractivity contribution >= 4 is 5.91 Å². The lowest BCUT2D eigenvalue weighted by Crippen LogP contribution is -2.43. The Morgan fingerprint density at radius 1 is 1.37 bits per heavy atom. The lowest BCUT2D eigenvalue weighted by atomic mass is 10.0. The molecule has 104 valence electrons. The van der Waals surface area contributed by atoms with Gasteiger partial charge in [0, 0.05) is 38.2 Å².